The van der Waals surface area contributed by atoms with Crippen molar-refractivity contribution in [1.82, 2.24) is 9.80 Å². The first kappa shape index (κ1) is 15.2. The predicted octanol–water partition coefficient (Wildman–Crippen LogP) is -0.0274. The second-order valence-corrected chi connectivity index (χ2v) is 6.08. The summed E-state index contributed by atoms with van der Waals surface area (Å²) in [6.07, 6.45) is 2.12. The molecule has 0 bridgehead atoms. The third-order valence-corrected chi connectivity index (χ3v) is 4.61. The third-order valence-electron chi connectivity index (χ3n) is 4.61. The number of morpholine rings is 1. The lowest BCUT2D eigenvalue weighted by atomic mass is 9.95. The summed E-state index contributed by atoms with van der Waals surface area (Å²) in [5, 5.41) is 0. The molecule has 3 rings (SSSR count). The van der Waals surface area contributed by atoms with E-state index in [0.29, 0.717) is 38.9 Å². The lowest BCUT2D eigenvalue weighted by molar-refractivity contribution is -0.141. The maximum absolute atomic E-state index is 12.5. The van der Waals surface area contributed by atoms with Gasteiger partial charge in [-0.3, -0.25) is 4.79 Å². The summed E-state index contributed by atoms with van der Waals surface area (Å²) >= 11 is 0. The molecule has 21 heavy (non-hydrogen) atoms. The zero-order chi connectivity index (χ0) is 14.5. The normalized spacial score (nSPS) is 29.5. The van der Waals surface area contributed by atoms with Crippen LogP contribution in [0.25, 0.3) is 0 Å². The van der Waals surface area contributed by atoms with Crippen molar-refractivity contribution in [3.05, 3.63) is 0 Å². The van der Waals surface area contributed by atoms with Gasteiger partial charge in [0.05, 0.1) is 39.1 Å². The van der Waals surface area contributed by atoms with Gasteiger partial charge in [0.15, 0.2) is 0 Å². The highest BCUT2D eigenvalue weighted by Crippen LogP contribution is 2.21. The van der Waals surface area contributed by atoms with Crippen LogP contribution in [0.1, 0.15) is 12.8 Å². The van der Waals surface area contributed by atoms with Crippen molar-refractivity contribution in [3.8, 4) is 0 Å². The van der Waals surface area contributed by atoms with Crippen LogP contribution >= 0.6 is 0 Å². The number of carbonyl (C=O) groups is 1. The van der Waals surface area contributed by atoms with Gasteiger partial charge in [-0.2, -0.15) is 0 Å². The maximum Gasteiger partial charge on any atom is 0.225 e. The van der Waals surface area contributed by atoms with Crippen LogP contribution in [0.4, 0.5) is 0 Å². The van der Waals surface area contributed by atoms with Gasteiger partial charge >= 0.3 is 0 Å². The van der Waals surface area contributed by atoms with Crippen LogP contribution in [0, 0.1) is 5.92 Å². The highest BCUT2D eigenvalue weighted by molar-refractivity contribution is 5.79. The summed E-state index contributed by atoms with van der Waals surface area (Å²) in [5.74, 6) is 0.526. The molecule has 0 radical (unpaired) electrons. The first-order valence-corrected chi connectivity index (χ1v) is 8.11. The van der Waals surface area contributed by atoms with Gasteiger partial charge in [-0.05, 0) is 25.9 Å². The Kier molecular flexibility index (Phi) is 5.46. The van der Waals surface area contributed by atoms with Crippen LogP contribution in [0.15, 0.2) is 0 Å². The van der Waals surface area contributed by atoms with Gasteiger partial charge in [-0.1, -0.05) is 0 Å². The number of hydrogen-bond donors (Lipinski definition) is 0. The molecule has 3 saturated heterocycles. The molecule has 0 saturated carbocycles. The van der Waals surface area contributed by atoms with Crippen molar-refractivity contribution >= 4 is 5.91 Å². The number of ether oxygens (including phenoxy) is 3. The fourth-order valence-corrected chi connectivity index (χ4v) is 3.33. The zero-order valence-electron chi connectivity index (χ0n) is 12.7. The molecule has 6 nitrogen and oxygen atoms in total. The molecule has 3 aliphatic heterocycles. The second kappa shape index (κ2) is 7.54. The Morgan fingerprint density at radius 1 is 0.952 bits per heavy atom. The van der Waals surface area contributed by atoms with Gasteiger partial charge < -0.3 is 24.0 Å². The molecule has 3 aliphatic rings. The predicted molar refractivity (Wildman–Crippen MR) is 77.1 cm³/mol. The molecule has 6 heteroatoms. The summed E-state index contributed by atoms with van der Waals surface area (Å²) in [5.41, 5.74) is 0. The van der Waals surface area contributed by atoms with Gasteiger partial charge in [-0.15, -0.1) is 0 Å². The lowest BCUT2D eigenvalue weighted by Gasteiger charge is -2.37. The maximum atomic E-state index is 12.5. The fourth-order valence-electron chi connectivity index (χ4n) is 3.33. The minimum atomic E-state index is 0.197. The SMILES string of the molecule is O=C(C1CCN(C[C@H]2COCCO2)CC1)N1CCOCC1. The molecule has 0 unspecified atom stereocenters. The van der Waals surface area contributed by atoms with E-state index in [1.54, 1.807) is 0 Å². The first-order chi connectivity index (χ1) is 10.3. The molecular weight excluding hydrogens is 272 g/mol. The fraction of sp³-hybridized carbons (Fsp3) is 0.933. The van der Waals surface area contributed by atoms with E-state index < -0.39 is 0 Å². The Bertz CT molecular complexity index is 333. The van der Waals surface area contributed by atoms with E-state index in [2.05, 4.69) is 4.90 Å². The molecule has 3 fully saturated rings. The van der Waals surface area contributed by atoms with Crippen molar-refractivity contribution in [2.24, 2.45) is 5.92 Å². The van der Waals surface area contributed by atoms with E-state index in [4.69, 9.17) is 14.2 Å². The van der Waals surface area contributed by atoms with E-state index in [1.165, 1.54) is 0 Å². The molecule has 0 aromatic rings. The second-order valence-electron chi connectivity index (χ2n) is 6.08. The van der Waals surface area contributed by atoms with Crippen molar-refractivity contribution in [2.75, 3.05) is 65.8 Å². The summed E-state index contributed by atoms with van der Waals surface area (Å²) in [6.45, 7) is 7.90. The average molecular weight is 298 g/mol. The van der Waals surface area contributed by atoms with Gasteiger partial charge in [0.1, 0.15) is 0 Å². The van der Waals surface area contributed by atoms with E-state index in [9.17, 15) is 4.79 Å². The third kappa shape index (κ3) is 4.16. The summed E-state index contributed by atoms with van der Waals surface area (Å²) < 4.78 is 16.4. The van der Waals surface area contributed by atoms with Crippen LogP contribution in [0.5, 0.6) is 0 Å². The van der Waals surface area contributed by atoms with Gasteiger partial charge in [0.25, 0.3) is 0 Å². The molecule has 1 atom stereocenters. The summed E-state index contributed by atoms with van der Waals surface area (Å²) in [7, 11) is 0. The minimum Gasteiger partial charge on any atom is -0.378 e. The molecule has 0 aliphatic carbocycles. The molecular formula is C15H26N2O4. The largest absolute Gasteiger partial charge is 0.378 e. The number of carbonyl (C=O) groups excluding carboxylic acids is 1. The Hall–Kier alpha value is -0.690. The Labute approximate surface area is 126 Å². The number of nitrogens with zero attached hydrogens (tertiary/aromatic N) is 2. The van der Waals surface area contributed by atoms with E-state index in [1.807, 2.05) is 4.90 Å². The van der Waals surface area contributed by atoms with Crippen molar-refractivity contribution < 1.29 is 19.0 Å². The number of hydrogen-bond acceptors (Lipinski definition) is 5. The van der Waals surface area contributed by atoms with Crippen molar-refractivity contribution in [2.45, 2.75) is 18.9 Å². The minimum absolute atomic E-state index is 0.197. The van der Waals surface area contributed by atoms with Crippen LogP contribution < -0.4 is 0 Å². The van der Waals surface area contributed by atoms with E-state index in [0.717, 1.165) is 45.6 Å². The number of rotatable bonds is 3. The number of amides is 1. The van der Waals surface area contributed by atoms with Gasteiger partial charge in [0, 0.05) is 25.6 Å². The molecule has 0 spiro atoms. The smallest absolute Gasteiger partial charge is 0.225 e. The first-order valence-electron chi connectivity index (χ1n) is 8.11. The van der Waals surface area contributed by atoms with Crippen molar-refractivity contribution in [3.63, 3.8) is 0 Å². The van der Waals surface area contributed by atoms with Crippen LogP contribution in [-0.2, 0) is 19.0 Å². The topological polar surface area (TPSA) is 51.2 Å². The van der Waals surface area contributed by atoms with Crippen molar-refractivity contribution in [1.29, 1.82) is 0 Å². The standard InChI is InChI=1S/C15H26N2O4/c18-15(17-5-7-19-8-6-17)13-1-3-16(4-2-13)11-14-12-20-9-10-21-14/h13-14H,1-12H2/t14-/m0/s1. The monoisotopic (exact) mass is 298 g/mol. The molecule has 0 aromatic carbocycles. The summed E-state index contributed by atoms with van der Waals surface area (Å²) in [4.78, 5) is 16.8. The quantitative estimate of drug-likeness (QED) is 0.732. The Morgan fingerprint density at radius 3 is 2.38 bits per heavy atom. The molecule has 0 aromatic heterocycles. The Balaban J connectivity index is 1.40. The van der Waals surface area contributed by atoms with Crippen LogP contribution in [-0.4, -0.2) is 87.6 Å². The number of likely N-dealkylation sites (tertiary alicyclic amines) is 1. The molecule has 3 heterocycles. The molecule has 1 amide bonds. The van der Waals surface area contributed by atoms with E-state index in [-0.39, 0.29) is 12.0 Å². The lowest BCUT2D eigenvalue weighted by Crippen LogP contribution is -2.48. The van der Waals surface area contributed by atoms with Crippen LogP contribution in [0.3, 0.4) is 0 Å². The van der Waals surface area contributed by atoms with Gasteiger partial charge in [-0.25, -0.2) is 0 Å². The Morgan fingerprint density at radius 2 is 1.71 bits per heavy atom. The highest BCUT2D eigenvalue weighted by Gasteiger charge is 2.30. The zero-order valence-corrected chi connectivity index (χ0v) is 12.7. The molecule has 0 N–H and O–H groups in total. The van der Waals surface area contributed by atoms with E-state index >= 15 is 0 Å². The molecule has 120 valence electrons. The summed E-state index contributed by atoms with van der Waals surface area (Å²) in [6, 6.07) is 0. The highest BCUT2D eigenvalue weighted by atomic mass is 16.6. The van der Waals surface area contributed by atoms with Crippen LogP contribution in [0.2, 0.25) is 0 Å². The number of piperidine rings is 1. The van der Waals surface area contributed by atoms with Gasteiger partial charge in [0.2, 0.25) is 5.91 Å². The average Bonchev–Trinajstić information content (AvgIpc) is 2.57.